The van der Waals surface area contributed by atoms with Gasteiger partial charge >= 0.3 is 0 Å². The first-order chi connectivity index (χ1) is 14.6. The standard InChI is InChI=1S/C24H21N3O3/c1-16-25-24(30-27-16)19-10-8-18(9-11-19)23(28)26-21-12-13-22(29-2)20(15-21)14-17-6-4-3-5-7-17/h3-13,15H,14H2,1-2H3,(H,26,28). The minimum atomic E-state index is -0.195. The SMILES string of the molecule is COc1ccc(NC(=O)c2ccc(-c3nc(C)no3)cc2)cc1Cc1ccccc1. The van der Waals surface area contributed by atoms with Crippen molar-refractivity contribution in [3.8, 4) is 17.2 Å². The summed E-state index contributed by atoms with van der Waals surface area (Å²) in [6.07, 6.45) is 0.714. The molecule has 0 fully saturated rings. The van der Waals surface area contributed by atoms with Gasteiger partial charge in [-0.3, -0.25) is 4.79 Å². The molecule has 0 unspecified atom stereocenters. The highest BCUT2D eigenvalue weighted by molar-refractivity contribution is 6.04. The summed E-state index contributed by atoms with van der Waals surface area (Å²) in [7, 11) is 1.65. The molecule has 4 aromatic rings. The van der Waals surface area contributed by atoms with Crippen LogP contribution in [0.5, 0.6) is 5.75 Å². The third kappa shape index (κ3) is 4.38. The molecule has 1 N–H and O–H groups in total. The molecule has 3 aromatic carbocycles. The Hall–Kier alpha value is -3.93. The van der Waals surface area contributed by atoms with Gasteiger partial charge in [-0.05, 0) is 55.0 Å². The van der Waals surface area contributed by atoms with Crippen LogP contribution in [0.2, 0.25) is 0 Å². The Labute approximate surface area is 174 Å². The van der Waals surface area contributed by atoms with Crippen molar-refractivity contribution in [3.63, 3.8) is 0 Å². The number of benzene rings is 3. The number of rotatable bonds is 6. The van der Waals surface area contributed by atoms with E-state index in [1.807, 2.05) is 36.4 Å². The molecule has 150 valence electrons. The number of ether oxygens (including phenoxy) is 1. The molecule has 0 bridgehead atoms. The number of nitrogens with one attached hydrogen (secondary N) is 1. The fourth-order valence-corrected chi connectivity index (χ4v) is 3.19. The average molecular weight is 399 g/mol. The molecular weight excluding hydrogens is 378 g/mol. The van der Waals surface area contributed by atoms with E-state index in [-0.39, 0.29) is 5.91 Å². The molecule has 1 amide bonds. The van der Waals surface area contributed by atoms with Gasteiger partial charge in [-0.15, -0.1) is 0 Å². The van der Waals surface area contributed by atoms with E-state index >= 15 is 0 Å². The van der Waals surface area contributed by atoms with Gasteiger partial charge in [0.25, 0.3) is 11.8 Å². The predicted molar refractivity (Wildman–Crippen MR) is 115 cm³/mol. The van der Waals surface area contributed by atoms with E-state index < -0.39 is 0 Å². The Morgan fingerprint density at radius 2 is 1.80 bits per heavy atom. The van der Waals surface area contributed by atoms with Crippen LogP contribution in [0.15, 0.2) is 77.3 Å². The van der Waals surface area contributed by atoms with Crippen LogP contribution < -0.4 is 10.1 Å². The third-order valence-electron chi connectivity index (χ3n) is 4.70. The van der Waals surface area contributed by atoms with Crippen molar-refractivity contribution >= 4 is 11.6 Å². The Bertz CT molecular complexity index is 1150. The van der Waals surface area contributed by atoms with Crippen molar-refractivity contribution in [2.45, 2.75) is 13.3 Å². The van der Waals surface area contributed by atoms with Crippen LogP contribution in [0.4, 0.5) is 5.69 Å². The van der Waals surface area contributed by atoms with Crippen LogP contribution in [0.25, 0.3) is 11.5 Å². The quantitative estimate of drug-likeness (QED) is 0.499. The smallest absolute Gasteiger partial charge is 0.257 e. The molecule has 0 aliphatic carbocycles. The first kappa shape index (κ1) is 19.4. The van der Waals surface area contributed by atoms with E-state index in [1.54, 1.807) is 38.3 Å². The van der Waals surface area contributed by atoms with E-state index in [4.69, 9.17) is 9.26 Å². The van der Waals surface area contributed by atoms with Crippen LogP contribution in [0.3, 0.4) is 0 Å². The van der Waals surface area contributed by atoms with Crippen molar-refractivity contribution in [1.29, 1.82) is 0 Å². The zero-order valence-electron chi connectivity index (χ0n) is 16.8. The number of carbonyl (C=O) groups is 1. The number of nitrogens with zero attached hydrogens (tertiary/aromatic N) is 2. The number of methoxy groups -OCH3 is 1. The second kappa shape index (κ2) is 8.61. The fourth-order valence-electron chi connectivity index (χ4n) is 3.19. The summed E-state index contributed by atoms with van der Waals surface area (Å²) in [4.78, 5) is 16.9. The zero-order chi connectivity index (χ0) is 20.9. The monoisotopic (exact) mass is 399 g/mol. The van der Waals surface area contributed by atoms with Gasteiger partial charge < -0.3 is 14.6 Å². The molecule has 1 aromatic heterocycles. The lowest BCUT2D eigenvalue weighted by Gasteiger charge is -2.12. The number of carbonyl (C=O) groups excluding carboxylic acids is 1. The lowest BCUT2D eigenvalue weighted by atomic mass is 10.0. The first-order valence-electron chi connectivity index (χ1n) is 9.55. The summed E-state index contributed by atoms with van der Waals surface area (Å²) in [6, 6.07) is 22.8. The number of amides is 1. The van der Waals surface area contributed by atoms with Gasteiger partial charge in [0, 0.05) is 28.8 Å². The van der Waals surface area contributed by atoms with Gasteiger partial charge in [-0.1, -0.05) is 35.5 Å². The normalized spacial score (nSPS) is 10.6. The van der Waals surface area contributed by atoms with Crippen LogP contribution >= 0.6 is 0 Å². The van der Waals surface area contributed by atoms with Crippen molar-refractivity contribution in [2.24, 2.45) is 0 Å². The number of aryl methyl sites for hydroxylation is 1. The van der Waals surface area contributed by atoms with Gasteiger partial charge in [0.1, 0.15) is 5.75 Å². The van der Waals surface area contributed by atoms with Gasteiger partial charge in [-0.2, -0.15) is 4.98 Å². The van der Waals surface area contributed by atoms with Gasteiger partial charge in [0.05, 0.1) is 7.11 Å². The molecule has 4 rings (SSSR count). The molecule has 0 aliphatic rings. The second-order valence-corrected chi connectivity index (χ2v) is 6.87. The molecule has 30 heavy (non-hydrogen) atoms. The second-order valence-electron chi connectivity index (χ2n) is 6.87. The minimum Gasteiger partial charge on any atom is -0.496 e. The van der Waals surface area contributed by atoms with Crippen LogP contribution in [-0.4, -0.2) is 23.2 Å². The van der Waals surface area contributed by atoms with E-state index in [0.717, 1.165) is 16.9 Å². The minimum absolute atomic E-state index is 0.195. The summed E-state index contributed by atoms with van der Waals surface area (Å²) in [5.74, 6) is 1.59. The molecule has 0 saturated carbocycles. The maximum Gasteiger partial charge on any atom is 0.257 e. The lowest BCUT2D eigenvalue weighted by Crippen LogP contribution is -2.12. The van der Waals surface area contributed by atoms with Crippen molar-refractivity contribution in [3.05, 3.63) is 95.3 Å². The van der Waals surface area contributed by atoms with Gasteiger partial charge in [0.2, 0.25) is 0 Å². The van der Waals surface area contributed by atoms with Crippen LogP contribution in [-0.2, 0) is 6.42 Å². The molecule has 0 radical (unpaired) electrons. The maximum atomic E-state index is 12.7. The van der Waals surface area contributed by atoms with E-state index in [0.29, 0.717) is 29.4 Å². The molecular formula is C24H21N3O3. The molecule has 0 atom stereocenters. The zero-order valence-corrected chi connectivity index (χ0v) is 16.8. The summed E-state index contributed by atoms with van der Waals surface area (Å²) in [5, 5.41) is 6.74. The highest BCUT2D eigenvalue weighted by Crippen LogP contribution is 2.26. The molecule has 0 saturated heterocycles. The highest BCUT2D eigenvalue weighted by Gasteiger charge is 2.11. The average Bonchev–Trinajstić information content (AvgIpc) is 3.21. The van der Waals surface area contributed by atoms with Gasteiger partial charge in [-0.25, -0.2) is 0 Å². The van der Waals surface area contributed by atoms with E-state index in [9.17, 15) is 4.79 Å². The summed E-state index contributed by atoms with van der Waals surface area (Å²) >= 11 is 0. The Balaban J connectivity index is 1.50. The molecule has 6 heteroatoms. The topological polar surface area (TPSA) is 77.2 Å². The number of anilines is 1. The number of hydrogen-bond donors (Lipinski definition) is 1. The maximum absolute atomic E-state index is 12.7. The fraction of sp³-hybridized carbons (Fsp3) is 0.125. The molecule has 0 spiro atoms. The van der Waals surface area contributed by atoms with Crippen LogP contribution in [0, 0.1) is 6.92 Å². The third-order valence-corrected chi connectivity index (χ3v) is 4.70. The van der Waals surface area contributed by atoms with Gasteiger partial charge in [0.15, 0.2) is 5.82 Å². The van der Waals surface area contributed by atoms with Crippen molar-refractivity contribution < 1.29 is 14.1 Å². The Morgan fingerprint density at radius 3 is 2.47 bits per heavy atom. The lowest BCUT2D eigenvalue weighted by molar-refractivity contribution is 0.102. The molecule has 1 heterocycles. The van der Waals surface area contributed by atoms with Crippen molar-refractivity contribution in [1.82, 2.24) is 10.1 Å². The van der Waals surface area contributed by atoms with Crippen molar-refractivity contribution in [2.75, 3.05) is 12.4 Å². The Kier molecular flexibility index (Phi) is 5.57. The first-order valence-corrected chi connectivity index (χ1v) is 9.55. The van der Waals surface area contributed by atoms with Crippen LogP contribution in [0.1, 0.15) is 27.3 Å². The Morgan fingerprint density at radius 1 is 1.03 bits per heavy atom. The van der Waals surface area contributed by atoms with E-state index in [1.165, 1.54) is 5.56 Å². The number of hydrogen-bond acceptors (Lipinski definition) is 5. The predicted octanol–water partition coefficient (Wildman–Crippen LogP) is 4.90. The molecule has 6 nitrogen and oxygen atoms in total. The highest BCUT2D eigenvalue weighted by atomic mass is 16.5. The summed E-state index contributed by atoms with van der Waals surface area (Å²) in [5.41, 5.74) is 4.19. The number of aromatic nitrogens is 2. The van der Waals surface area contributed by atoms with E-state index in [2.05, 4.69) is 27.6 Å². The molecule has 0 aliphatic heterocycles. The summed E-state index contributed by atoms with van der Waals surface area (Å²) < 4.78 is 10.6. The largest absolute Gasteiger partial charge is 0.496 e. The summed E-state index contributed by atoms with van der Waals surface area (Å²) in [6.45, 7) is 1.76.